The standard InChI is InChI=1S/C19H16N4S/c1-12-7-10-17(24-12)14-8-9-15-18(21-14)16(23-19(20)22-15)11-13-5-3-2-4-6-13/h2-10H,11H2,1H3,(H2,20,22,23). The van der Waals surface area contributed by atoms with Crippen molar-refractivity contribution in [2.75, 3.05) is 5.73 Å². The summed E-state index contributed by atoms with van der Waals surface area (Å²) in [7, 11) is 0. The summed E-state index contributed by atoms with van der Waals surface area (Å²) in [6.07, 6.45) is 0.685. The van der Waals surface area contributed by atoms with Crippen molar-refractivity contribution in [1.82, 2.24) is 15.0 Å². The van der Waals surface area contributed by atoms with Crippen LogP contribution in [0.2, 0.25) is 0 Å². The fourth-order valence-corrected chi connectivity index (χ4v) is 3.55. The van der Waals surface area contributed by atoms with Crippen LogP contribution in [0, 0.1) is 6.92 Å². The van der Waals surface area contributed by atoms with Gasteiger partial charge in [0.25, 0.3) is 0 Å². The Morgan fingerprint density at radius 3 is 2.50 bits per heavy atom. The number of anilines is 1. The van der Waals surface area contributed by atoms with E-state index in [4.69, 9.17) is 10.7 Å². The highest BCUT2D eigenvalue weighted by molar-refractivity contribution is 7.15. The van der Waals surface area contributed by atoms with Crippen LogP contribution in [0.3, 0.4) is 0 Å². The van der Waals surface area contributed by atoms with Crippen LogP contribution in [-0.2, 0) is 6.42 Å². The molecular formula is C19H16N4S. The molecule has 0 unspecified atom stereocenters. The van der Waals surface area contributed by atoms with E-state index in [0.29, 0.717) is 6.42 Å². The van der Waals surface area contributed by atoms with E-state index in [9.17, 15) is 0 Å². The highest BCUT2D eigenvalue weighted by Crippen LogP contribution is 2.28. The van der Waals surface area contributed by atoms with E-state index in [1.165, 1.54) is 10.4 Å². The summed E-state index contributed by atoms with van der Waals surface area (Å²) in [5, 5.41) is 0. The van der Waals surface area contributed by atoms with Gasteiger partial charge in [-0.25, -0.2) is 15.0 Å². The number of hydrogen-bond donors (Lipinski definition) is 1. The Morgan fingerprint density at radius 1 is 0.917 bits per heavy atom. The molecule has 3 aromatic heterocycles. The molecule has 24 heavy (non-hydrogen) atoms. The van der Waals surface area contributed by atoms with Crippen molar-refractivity contribution in [3.63, 3.8) is 0 Å². The van der Waals surface area contributed by atoms with E-state index in [2.05, 4.69) is 41.2 Å². The van der Waals surface area contributed by atoms with E-state index in [1.54, 1.807) is 11.3 Å². The zero-order chi connectivity index (χ0) is 16.5. The van der Waals surface area contributed by atoms with Gasteiger partial charge in [0.1, 0.15) is 5.52 Å². The number of pyridine rings is 1. The van der Waals surface area contributed by atoms with Gasteiger partial charge in [0.05, 0.1) is 21.8 Å². The topological polar surface area (TPSA) is 64.7 Å². The Morgan fingerprint density at radius 2 is 1.75 bits per heavy atom. The molecule has 4 aromatic rings. The van der Waals surface area contributed by atoms with E-state index >= 15 is 0 Å². The van der Waals surface area contributed by atoms with Crippen molar-refractivity contribution in [2.45, 2.75) is 13.3 Å². The largest absolute Gasteiger partial charge is 0.368 e. The average molecular weight is 332 g/mol. The number of hydrogen-bond acceptors (Lipinski definition) is 5. The molecule has 118 valence electrons. The molecule has 2 N–H and O–H groups in total. The van der Waals surface area contributed by atoms with Crippen LogP contribution in [0.1, 0.15) is 16.1 Å². The normalized spacial score (nSPS) is 11.0. The summed E-state index contributed by atoms with van der Waals surface area (Å²) in [5.41, 5.74) is 10.5. The molecule has 0 saturated heterocycles. The zero-order valence-electron chi connectivity index (χ0n) is 13.2. The number of nitrogens with two attached hydrogens (primary N) is 1. The average Bonchev–Trinajstić information content (AvgIpc) is 3.02. The molecule has 4 nitrogen and oxygen atoms in total. The van der Waals surface area contributed by atoms with Crippen LogP contribution >= 0.6 is 11.3 Å². The minimum Gasteiger partial charge on any atom is -0.368 e. The molecule has 0 aliphatic carbocycles. The van der Waals surface area contributed by atoms with E-state index in [0.717, 1.165) is 27.3 Å². The second-order valence-electron chi connectivity index (χ2n) is 5.67. The van der Waals surface area contributed by atoms with E-state index in [1.807, 2.05) is 30.3 Å². The number of nitrogen functional groups attached to an aromatic ring is 1. The molecule has 5 heteroatoms. The van der Waals surface area contributed by atoms with Gasteiger partial charge in [0.15, 0.2) is 0 Å². The smallest absolute Gasteiger partial charge is 0.220 e. The fourth-order valence-electron chi connectivity index (χ4n) is 2.72. The fraction of sp³-hybridized carbons (Fsp3) is 0.105. The van der Waals surface area contributed by atoms with Crippen LogP contribution < -0.4 is 5.73 Å². The molecule has 0 spiro atoms. The molecule has 0 aliphatic rings. The van der Waals surface area contributed by atoms with Gasteiger partial charge in [-0.2, -0.15) is 0 Å². The highest BCUT2D eigenvalue weighted by atomic mass is 32.1. The third-order valence-electron chi connectivity index (χ3n) is 3.84. The molecule has 4 rings (SSSR count). The highest BCUT2D eigenvalue weighted by Gasteiger charge is 2.11. The first-order valence-electron chi connectivity index (χ1n) is 7.73. The maximum absolute atomic E-state index is 5.88. The molecule has 0 radical (unpaired) electrons. The molecule has 1 aromatic carbocycles. The van der Waals surface area contributed by atoms with E-state index < -0.39 is 0 Å². The number of thiophene rings is 1. The molecule has 0 saturated carbocycles. The predicted molar refractivity (Wildman–Crippen MR) is 99.0 cm³/mol. The minimum absolute atomic E-state index is 0.287. The Hall–Kier alpha value is -2.79. The zero-order valence-corrected chi connectivity index (χ0v) is 14.0. The van der Waals surface area contributed by atoms with Crippen LogP contribution in [0.4, 0.5) is 5.95 Å². The van der Waals surface area contributed by atoms with Crippen molar-refractivity contribution in [1.29, 1.82) is 0 Å². The van der Waals surface area contributed by atoms with Crippen molar-refractivity contribution >= 4 is 28.3 Å². The van der Waals surface area contributed by atoms with Crippen LogP contribution in [0.15, 0.2) is 54.6 Å². The Balaban J connectivity index is 1.85. The van der Waals surface area contributed by atoms with Crippen molar-refractivity contribution < 1.29 is 0 Å². The van der Waals surface area contributed by atoms with Gasteiger partial charge in [0.2, 0.25) is 5.95 Å². The third kappa shape index (κ3) is 2.86. The van der Waals surface area contributed by atoms with Crippen molar-refractivity contribution in [3.05, 3.63) is 70.7 Å². The minimum atomic E-state index is 0.287. The molecule has 0 aliphatic heterocycles. The quantitative estimate of drug-likeness (QED) is 0.609. The van der Waals surface area contributed by atoms with Gasteiger partial charge >= 0.3 is 0 Å². The van der Waals surface area contributed by atoms with Gasteiger partial charge in [-0.1, -0.05) is 30.3 Å². The molecule has 3 heterocycles. The summed E-state index contributed by atoms with van der Waals surface area (Å²) in [5.74, 6) is 0.287. The number of rotatable bonds is 3. The first-order chi connectivity index (χ1) is 11.7. The third-order valence-corrected chi connectivity index (χ3v) is 4.86. The Bertz CT molecular complexity index is 1010. The summed E-state index contributed by atoms with van der Waals surface area (Å²) < 4.78 is 0. The van der Waals surface area contributed by atoms with Crippen molar-refractivity contribution in [2.24, 2.45) is 0 Å². The number of benzene rings is 1. The lowest BCUT2D eigenvalue weighted by atomic mass is 10.1. The number of aromatic nitrogens is 3. The molecule has 0 fully saturated rings. The van der Waals surface area contributed by atoms with E-state index in [-0.39, 0.29) is 5.95 Å². The molecular weight excluding hydrogens is 316 g/mol. The first kappa shape index (κ1) is 14.8. The van der Waals surface area contributed by atoms with Crippen LogP contribution in [0.25, 0.3) is 21.6 Å². The Kier molecular flexibility index (Phi) is 3.70. The second kappa shape index (κ2) is 6.02. The lowest BCUT2D eigenvalue weighted by Crippen LogP contribution is -2.03. The van der Waals surface area contributed by atoms with Gasteiger partial charge in [-0.3, -0.25) is 0 Å². The summed E-state index contributed by atoms with van der Waals surface area (Å²) >= 11 is 1.73. The lowest BCUT2D eigenvalue weighted by molar-refractivity contribution is 1.06. The monoisotopic (exact) mass is 332 g/mol. The number of aryl methyl sites for hydroxylation is 1. The van der Waals surface area contributed by atoms with Gasteiger partial charge in [-0.05, 0) is 36.8 Å². The SMILES string of the molecule is Cc1ccc(-c2ccc3nc(N)nc(Cc4ccccc4)c3n2)s1. The predicted octanol–water partition coefficient (Wildman–Crippen LogP) is 4.23. The lowest BCUT2D eigenvalue weighted by Gasteiger charge is -2.07. The molecule has 0 amide bonds. The summed E-state index contributed by atoms with van der Waals surface area (Å²) in [4.78, 5) is 16.0. The molecule has 0 bridgehead atoms. The first-order valence-corrected chi connectivity index (χ1v) is 8.54. The summed E-state index contributed by atoms with van der Waals surface area (Å²) in [6.45, 7) is 2.10. The van der Waals surface area contributed by atoms with Gasteiger partial charge in [0, 0.05) is 11.3 Å². The van der Waals surface area contributed by atoms with Gasteiger partial charge < -0.3 is 5.73 Å². The summed E-state index contributed by atoms with van der Waals surface area (Å²) in [6, 6.07) is 18.4. The number of fused-ring (bicyclic) bond motifs is 1. The van der Waals surface area contributed by atoms with Crippen LogP contribution in [0.5, 0.6) is 0 Å². The van der Waals surface area contributed by atoms with Crippen LogP contribution in [-0.4, -0.2) is 15.0 Å². The second-order valence-corrected chi connectivity index (χ2v) is 6.95. The van der Waals surface area contributed by atoms with Crippen molar-refractivity contribution in [3.8, 4) is 10.6 Å². The molecule has 0 atom stereocenters. The maximum atomic E-state index is 5.88. The number of nitrogens with zero attached hydrogens (tertiary/aromatic N) is 3. The maximum Gasteiger partial charge on any atom is 0.220 e. The Labute approximate surface area is 144 Å². The van der Waals surface area contributed by atoms with Gasteiger partial charge in [-0.15, -0.1) is 11.3 Å².